The van der Waals surface area contributed by atoms with Crippen LogP contribution in [0, 0.1) is 12.7 Å². The Morgan fingerprint density at radius 2 is 1.97 bits per heavy atom. The normalized spacial score (nSPS) is 14.9. The highest BCUT2D eigenvalue weighted by Crippen LogP contribution is 2.30. The summed E-state index contributed by atoms with van der Waals surface area (Å²) >= 11 is 0. The summed E-state index contributed by atoms with van der Waals surface area (Å²) in [5.41, 5.74) is 2.91. The topological polar surface area (TPSA) is 62.6 Å². The Balaban J connectivity index is 1.58. The first-order valence-corrected chi connectivity index (χ1v) is 10.8. The molecule has 0 bridgehead atoms. The molecular formula is C22H23FN2O3S. The fraction of sp³-hybridized carbons (Fsp3) is 0.318. The summed E-state index contributed by atoms with van der Waals surface area (Å²) in [6, 6.07) is 10.3. The van der Waals surface area contributed by atoms with E-state index in [2.05, 4.69) is 4.72 Å². The number of benzene rings is 2. The minimum atomic E-state index is -1.74. The van der Waals surface area contributed by atoms with E-state index in [-0.39, 0.29) is 17.1 Å². The van der Waals surface area contributed by atoms with Crippen molar-refractivity contribution in [3.05, 3.63) is 59.1 Å². The largest absolute Gasteiger partial charge is 0.451 e. The van der Waals surface area contributed by atoms with Gasteiger partial charge < -0.3 is 9.32 Å². The number of anilines is 1. The minimum Gasteiger partial charge on any atom is -0.451 e. The van der Waals surface area contributed by atoms with E-state index in [0.29, 0.717) is 10.5 Å². The number of amides is 1. The van der Waals surface area contributed by atoms with Crippen molar-refractivity contribution in [3.8, 4) is 0 Å². The number of nitrogens with one attached hydrogen (secondary N) is 1. The van der Waals surface area contributed by atoms with Gasteiger partial charge in [0.05, 0.1) is 10.3 Å². The smallest absolute Gasteiger partial charge is 0.298 e. The molecule has 0 aliphatic carbocycles. The van der Waals surface area contributed by atoms with Gasteiger partial charge in [0.25, 0.3) is 5.91 Å². The van der Waals surface area contributed by atoms with E-state index < -0.39 is 22.7 Å². The summed E-state index contributed by atoms with van der Waals surface area (Å²) in [6.07, 6.45) is 1.08. The van der Waals surface area contributed by atoms with Crippen LogP contribution in [0.3, 0.4) is 0 Å². The van der Waals surface area contributed by atoms with Crippen LogP contribution in [0.15, 0.2) is 45.7 Å². The van der Waals surface area contributed by atoms with Gasteiger partial charge in [-0.1, -0.05) is 26.0 Å². The molecule has 1 aliphatic rings. The molecule has 1 fully saturated rings. The Labute approximate surface area is 171 Å². The van der Waals surface area contributed by atoms with Crippen molar-refractivity contribution in [1.29, 1.82) is 0 Å². The number of halogens is 1. The van der Waals surface area contributed by atoms with Gasteiger partial charge in [0.1, 0.15) is 11.4 Å². The van der Waals surface area contributed by atoms with Crippen LogP contribution in [0.2, 0.25) is 0 Å². The van der Waals surface area contributed by atoms with Crippen LogP contribution in [0.4, 0.5) is 10.1 Å². The standard InChI is InChI=1S/C22H23FN2O3S/c1-13(2)15-6-5-14(3)21(9-15)29(27)24-22(26)20-12-17-18(23)10-16(11-19(17)28-20)25-7-4-8-25/h5-6,9-13H,4,7-8H2,1-3H3,(H,24,26). The molecule has 1 aliphatic heterocycles. The van der Waals surface area contributed by atoms with Crippen molar-refractivity contribution in [2.24, 2.45) is 0 Å². The van der Waals surface area contributed by atoms with Crippen molar-refractivity contribution in [1.82, 2.24) is 4.72 Å². The number of aryl methyl sites for hydroxylation is 1. The average molecular weight is 415 g/mol. The first-order chi connectivity index (χ1) is 13.8. The highest BCUT2D eigenvalue weighted by molar-refractivity contribution is 7.83. The molecule has 1 amide bonds. The van der Waals surface area contributed by atoms with E-state index >= 15 is 0 Å². The lowest BCUT2D eigenvalue weighted by Gasteiger charge is -2.33. The minimum absolute atomic E-state index is 0.0642. The van der Waals surface area contributed by atoms with Gasteiger partial charge in [-0.25, -0.2) is 8.60 Å². The third-order valence-corrected chi connectivity index (χ3v) is 6.49. The fourth-order valence-corrected chi connectivity index (χ4v) is 4.30. The zero-order valence-corrected chi connectivity index (χ0v) is 17.4. The van der Waals surface area contributed by atoms with E-state index in [4.69, 9.17) is 4.42 Å². The molecule has 3 aromatic rings. The Hall–Kier alpha value is -2.67. The maximum absolute atomic E-state index is 14.5. The molecule has 1 saturated heterocycles. The Morgan fingerprint density at radius 3 is 2.62 bits per heavy atom. The highest BCUT2D eigenvalue weighted by Gasteiger charge is 2.21. The van der Waals surface area contributed by atoms with Gasteiger partial charge in [-0.05, 0) is 42.5 Å². The fourth-order valence-electron chi connectivity index (χ4n) is 3.32. The number of hydrogen-bond acceptors (Lipinski definition) is 4. The zero-order valence-electron chi connectivity index (χ0n) is 16.6. The molecule has 1 N–H and O–H groups in total. The maximum atomic E-state index is 14.5. The van der Waals surface area contributed by atoms with Crippen molar-refractivity contribution in [2.75, 3.05) is 18.0 Å². The Kier molecular flexibility index (Phi) is 5.17. The van der Waals surface area contributed by atoms with E-state index in [1.54, 1.807) is 6.07 Å². The summed E-state index contributed by atoms with van der Waals surface area (Å²) in [5.74, 6) is -0.862. The summed E-state index contributed by atoms with van der Waals surface area (Å²) in [5, 5.41) is 0.239. The van der Waals surface area contributed by atoms with Crippen molar-refractivity contribution in [3.63, 3.8) is 0 Å². The predicted molar refractivity (Wildman–Crippen MR) is 112 cm³/mol. The number of fused-ring (bicyclic) bond motifs is 1. The zero-order chi connectivity index (χ0) is 20.7. The monoisotopic (exact) mass is 414 g/mol. The second-order valence-electron chi connectivity index (χ2n) is 7.67. The van der Waals surface area contributed by atoms with Crippen LogP contribution in [-0.4, -0.2) is 23.2 Å². The highest BCUT2D eigenvalue weighted by atomic mass is 32.2. The molecule has 1 aromatic heterocycles. The number of furan rings is 1. The Morgan fingerprint density at radius 1 is 1.21 bits per heavy atom. The molecule has 5 nitrogen and oxygen atoms in total. The van der Waals surface area contributed by atoms with Gasteiger partial charge in [0.2, 0.25) is 0 Å². The van der Waals surface area contributed by atoms with Gasteiger partial charge in [-0.2, -0.15) is 0 Å². The van der Waals surface area contributed by atoms with Crippen molar-refractivity contribution in [2.45, 2.75) is 38.0 Å². The van der Waals surface area contributed by atoms with Crippen LogP contribution in [0.25, 0.3) is 11.0 Å². The SMILES string of the molecule is Cc1ccc(C(C)C)cc1S(=O)NC(=O)c1cc2c(F)cc(N3CCC3)cc2o1. The first kappa shape index (κ1) is 19.6. The first-order valence-electron chi connectivity index (χ1n) is 9.65. The quantitative estimate of drug-likeness (QED) is 0.659. The molecule has 7 heteroatoms. The molecule has 152 valence electrons. The Bertz CT molecular complexity index is 1120. The molecule has 2 aromatic carbocycles. The van der Waals surface area contributed by atoms with Gasteiger partial charge >= 0.3 is 0 Å². The number of rotatable bonds is 5. The maximum Gasteiger partial charge on any atom is 0.298 e. The lowest BCUT2D eigenvalue weighted by Crippen LogP contribution is -2.36. The lowest BCUT2D eigenvalue weighted by atomic mass is 10.0. The number of nitrogens with zero attached hydrogens (tertiary/aromatic N) is 1. The van der Waals surface area contributed by atoms with Gasteiger partial charge in [0.15, 0.2) is 16.7 Å². The summed E-state index contributed by atoms with van der Waals surface area (Å²) in [7, 11) is -1.74. The van der Waals surface area contributed by atoms with E-state index in [0.717, 1.165) is 36.3 Å². The van der Waals surface area contributed by atoms with Gasteiger partial charge in [0, 0.05) is 30.9 Å². The van der Waals surface area contributed by atoms with Crippen LogP contribution in [0.1, 0.15) is 47.9 Å². The molecule has 2 heterocycles. The summed E-state index contributed by atoms with van der Waals surface area (Å²) < 4.78 is 35.3. The third-order valence-electron chi connectivity index (χ3n) is 5.28. The molecule has 0 radical (unpaired) electrons. The van der Waals surface area contributed by atoms with Crippen LogP contribution in [-0.2, 0) is 11.0 Å². The van der Waals surface area contributed by atoms with Gasteiger partial charge in [-0.3, -0.25) is 9.52 Å². The number of carbonyl (C=O) groups excluding carboxylic acids is 1. The van der Waals surface area contributed by atoms with Crippen LogP contribution >= 0.6 is 0 Å². The van der Waals surface area contributed by atoms with Crippen molar-refractivity contribution < 1.29 is 17.8 Å². The van der Waals surface area contributed by atoms with Crippen LogP contribution < -0.4 is 9.62 Å². The molecule has 0 saturated carbocycles. The summed E-state index contributed by atoms with van der Waals surface area (Å²) in [4.78, 5) is 15.2. The molecule has 1 atom stereocenters. The van der Waals surface area contributed by atoms with Gasteiger partial charge in [-0.15, -0.1) is 0 Å². The number of hydrogen-bond donors (Lipinski definition) is 1. The molecule has 1 unspecified atom stereocenters. The molecule has 0 spiro atoms. The third kappa shape index (κ3) is 3.79. The second kappa shape index (κ2) is 7.63. The van der Waals surface area contributed by atoms with Crippen molar-refractivity contribution >= 4 is 33.5 Å². The average Bonchev–Trinajstić information content (AvgIpc) is 3.05. The number of carbonyl (C=O) groups is 1. The summed E-state index contributed by atoms with van der Waals surface area (Å²) in [6.45, 7) is 7.71. The molecule has 4 rings (SSSR count). The lowest BCUT2D eigenvalue weighted by molar-refractivity contribution is 0.0958. The molecule has 29 heavy (non-hydrogen) atoms. The van der Waals surface area contributed by atoms with Crippen LogP contribution in [0.5, 0.6) is 0 Å². The van der Waals surface area contributed by atoms with E-state index in [9.17, 15) is 13.4 Å². The second-order valence-corrected chi connectivity index (χ2v) is 8.85. The predicted octanol–water partition coefficient (Wildman–Crippen LogP) is 4.67. The van der Waals surface area contributed by atoms with E-state index in [1.165, 1.54) is 12.1 Å². The molecular weight excluding hydrogens is 391 g/mol. The van der Waals surface area contributed by atoms with E-state index in [1.807, 2.05) is 43.9 Å².